The second-order valence-corrected chi connectivity index (χ2v) is 0.834. The maximum Gasteiger partial charge on any atom is 0.214 e. The molecule has 0 aromatic heterocycles. The SMILES string of the molecule is CC(N)=O.N#CC#N. The van der Waals surface area contributed by atoms with E-state index in [2.05, 4.69) is 5.73 Å². The quantitative estimate of drug-likeness (QED) is 0.457. The van der Waals surface area contributed by atoms with Gasteiger partial charge in [0.15, 0.2) is 12.1 Å². The molecule has 0 aromatic carbocycles. The molecule has 8 heavy (non-hydrogen) atoms. The van der Waals surface area contributed by atoms with Gasteiger partial charge in [-0.15, -0.1) is 0 Å². The fourth-order valence-corrected chi connectivity index (χ4v) is 0. The Morgan fingerprint density at radius 3 is 1.62 bits per heavy atom. The summed E-state index contributed by atoms with van der Waals surface area (Å²) in [6, 6.07) is 2.47. The maximum absolute atomic E-state index is 9.22. The minimum absolute atomic E-state index is 0.333. The molecule has 1 amide bonds. The average Bonchev–Trinajstić information content (AvgIpc) is 1.65. The highest BCUT2D eigenvalue weighted by atomic mass is 16.1. The van der Waals surface area contributed by atoms with Crippen molar-refractivity contribution >= 4 is 5.91 Å². The summed E-state index contributed by atoms with van der Waals surface area (Å²) in [7, 11) is 0. The highest BCUT2D eigenvalue weighted by molar-refractivity contribution is 5.70. The van der Waals surface area contributed by atoms with Crippen molar-refractivity contribution < 1.29 is 4.79 Å². The van der Waals surface area contributed by atoms with Crippen LogP contribution in [0.5, 0.6) is 0 Å². The zero-order valence-electron chi connectivity index (χ0n) is 4.38. The zero-order chi connectivity index (χ0) is 6.99. The van der Waals surface area contributed by atoms with E-state index in [0.29, 0.717) is 0 Å². The Bertz CT molecular complexity index is 122. The van der Waals surface area contributed by atoms with E-state index < -0.39 is 0 Å². The van der Waals surface area contributed by atoms with E-state index >= 15 is 0 Å². The first-order valence-electron chi connectivity index (χ1n) is 1.69. The number of nitrogens with two attached hydrogens (primary N) is 1. The molecule has 0 aromatic rings. The van der Waals surface area contributed by atoms with Crippen molar-refractivity contribution in [3.05, 3.63) is 0 Å². The molecule has 0 unspecified atom stereocenters. The lowest BCUT2D eigenvalue weighted by molar-refractivity contribution is -0.115. The van der Waals surface area contributed by atoms with E-state index in [4.69, 9.17) is 10.5 Å². The van der Waals surface area contributed by atoms with E-state index in [1.807, 2.05) is 0 Å². The summed E-state index contributed by atoms with van der Waals surface area (Å²) in [5.41, 5.74) is 4.47. The fourth-order valence-electron chi connectivity index (χ4n) is 0. The molecular formula is C4H5N3O. The van der Waals surface area contributed by atoms with Gasteiger partial charge in [-0.2, -0.15) is 10.5 Å². The van der Waals surface area contributed by atoms with Crippen LogP contribution in [0.15, 0.2) is 0 Å². The van der Waals surface area contributed by atoms with E-state index in [1.165, 1.54) is 19.1 Å². The van der Waals surface area contributed by atoms with Gasteiger partial charge in [0.1, 0.15) is 0 Å². The number of nitriles is 2. The van der Waals surface area contributed by atoms with Crippen molar-refractivity contribution in [2.24, 2.45) is 5.73 Å². The van der Waals surface area contributed by atoms with Gasteiger partial charge in [-0.05, 0) is 0 Å². The molecule has 0 spiro atoms. The first-order chi connectivity index (χ1) is 3.65. The van der Waals surface area contributed by atoms with Crippen molar-refractivity contribution in [3.63, 3.8) is 0 Å². The third kappa shape index (κ3) is 175. The van der Waals surface area contributed by atoms with Gasteiger partial charge in [-0.1, -0.05) is 0 Å². The highest BCUT2D eigenvalue weighted by Crippen LogP contribution is 1.33. The van der Waals surface area contributed by atoms with E-state index in [9.17, 15) is 4.79 Å². The molecule has 4 nitrogen and oxygen atoms in total. The van der Waals surface area contributed by atoms with Gasteiger partial charge in [0.2, 0.25) is 5.91 Å². The van der Waals surface area contributed by atoms with Crippen LogP contribution in [0.2, 0.25) is 0 Å². The summed E-state index contributed by atoms with van der Waals surface area (Å²) in [5.74, 6) is -0.333. The molecular weight excluding hydrogens is 106 g/mol. The minimum Gasteiger partial charge on any atom is -0.370 e. The van der Waals surface area contributed by atoms with Crippen LogP contribution in [0, 0.1) is 22.7 Å². The summed E-state index contributed by atoms with van der Waals surface area (Å²) >= 11 is 0. The summed E-state index contributed by atoms with van der Waals surface area (Å²) in [6.07, 6.45) is 0. The van der Waals surface area contributed by atoms with Crippen molar-refractivity contribution in [3.8, 4) is 12.1 Å². The van der Waals surface area contributed by atoms with Gasteiger partial charge in [0, 0.05) is 6.92 Å². The molecule has 2 N–H and O–H groups in total. The Balaban J connectivity index is 0. The van der Waals surface area contributed by atoms with Crippen molar-refractivity contribution in [2.45, 2.75) is 6.92 Å². The molecule has 0 saturated heterocycles. The standard InChI is InChI=1S/C2N2.C2H5NO/c3-1-2-4;1-2(3)4/h;1H3,(H2,3,4). The lowest BCUT2D eigenvalue weighted by atomic mass is 10.8. The Morgan fingerprint density at radius 1 is 1.50 bits per heavy atom. The van der Waals surface area contributed by atoms with Crippen molar-refractivity contribution in [1.29, 1.82) is 10.5 Å². The van der Waals surface area contributed by atoms with Crippen LogP contribution in [-0.2, 0) is 4.79 Å². The molecule has 4 heteroatoms. The van der Waals surface area contributed by atoms with Crippen LogP contribution in [0.3, 0.4) is 0 Å². The lowest BCUT2D eigenvalue weighted by Crippen LogP contribution is -2.01. The molecule has 0 aliphatic rings. The topological polar surface area (TPSA) is 90.7 Å². The van der Waals surface area contributed by atoms with Crippen LogP contribution < -0.4 is 5.73 Å². The largest absolute Gasteiger partial charge is 0.370 e. The third-order valence-corrected chi connectivity index (χ3v) is 0.0500. The second-order valence-electron chi connectivity index (χ2n) is 0.834. The molecule has 0 rings (SSSR count). The predicted molar refractivity (Wildman–Crippen MR) is 26.1 cm³/mol. The second kappa shape index (κ2) is 9.07. The molecule has 0 bridgehead atoms. The van der Waals surface area contributed by atoms with Gasteiger partial charge < -0.3 is 5.73 Å². The van der Waals surface area contributed by atoms with Crippen molar-refractivity contribution in [2.75, 3.05) is 0 Å². The van der Waals surface area contributed by atoms with E-state index in [1.54, 1.807) is 0 Å². The van der Waals surface area contributed by atoms with Gasteiger partial charge in [0.05, 0.1) is 0 Å². The van der Waals surface area contributed by atoms with Gasteiger partial charge in [0.25, 0.3) is 0 Å². The highest BCUT2D eigenvalue weighted by Gasteiger charge is 1.61. The summed E-state index contributed by atoms with van der Waals surface area (Å²) in [4.78, 5) is 9.22. The smallest absolute Gasteiger partial charge is 0.214 e. The number of hydrogen-bond acceptors (Lipinski definition) is 3. The summed E-state index contributed by atoms with van der Waals surface area (Å²) in [5, 5.41) is 14.5. The molecule has 42 valence electrons. The minimum atomic E-state index is -0.333. The summed E-state index contributed by atoms with van der Waals surface area (Å²) in [6.45, 7) is 1.31. The Morgan fingerprint density at radius 2 is 1.62 bits per heavy atom. The van der Waals surface area contributed by atoms with Crippen LogP contribution in [0.1, 0.15) is 6.92 Å². The molecule has 0 fully saturated rings. The van der Waals surface area contributed by atoms with E-state index in [-0.39, 0.29) is 5.91 Å². The van der Waals surface area contributed by atoms with Crippen LogP contribution in [-0.4, -0.2) is 5.91 Å². The van der Waals surface area contributed by atoms with Gasteiger partial charge in [-0.3, -0.25) is 4.79 Å². The Kier molecular flexibility index (Phi) is 11.0. The molecule has 0 aliphatic carbocycles. The first-order valence-corrected chi connectivity index (χ1v) is 1.69. The Labute approximate surface area is 47.1 Å². The van der Waals surface area contributed by atoms with Crippen LogP contribution in [0.4, 0.5) is 0 Å². The number of hydrogen-bond donors (Lipinski definition) is 1. The zero-order valence-corrected chi connectivity index (χ0v) is 4.38. The average molecular weight is 111 g/mol. The third-order valence-electron chi connectivity index (χ3n) is 0.0500. The van der Waals surface area contributed by atoms with E-state index in [0.717, 1.165) is 0 Å². The Hall–Kier alpha value is -1.55. The molecule has 0 aliphatic heterocycles. The number of primary amides is 1. The predicted octanol–water partition coefficient (Wildman–Crippen LogP) is -0.475. The molecule has 0 atom stereocenters. The van der Waals surface area contributed by atoms with Gasteiger partial charge >= 0.3 is 0 Å². The van der Waals surface area contributed by atoms with Crippen LogP contribution in [0.25, 0.3) is 0 Å². The molecule has 0 saturated carbocycles. The molecule has 0 radical (unpaired) electrons. The number of carbonyl (C=O) groups excluding carboxylic acids is 1. The van der Waals surface area contributed by atoms with Gasteiger partial charge in [-0.25, -0.2) is 0 Å². The fraction of sp³-hybridized carbons (Fsp3) is 0.250. The first kappa shape index (κ1) is 9.67. The lowest BCUT2D eigenvalue weighted by Gasteiger charge is -1.60. The number of carbonyl (C=O) groups is 1. The monoisotopic (exact) mass is 111 g/mol. The van der Waals surface area contributed by atoms with Crippen LogP contribution >= 0.6 is 0 Å². The number of rotatable bonds is 0. The summed E-state index contributed by atoms with van der Waals surface area (Å²) < 4.78 is 0. The maximum atomic E-state index is 9.22. The van der Waals surface area contributed by atoms with Crippen molar-refractivity contribution in [1.82, 2.24) is 0 Å². The number of nitrogens with zero attached hydrogens (tertiary/aromatic N) is 2. The molecule has 0 heterocycles. The normalized spacial score (nSPS) is 4.38. The number of amides is 1.